The topological polar surface area (TPSA) is 98.1 Å². The van der Waals surface area contributed by atoms with Gasteiger partial charge in [0.05, 0.1) is 23.8 Å². The van der Waals surface area contributed by atoms with Gasteiger partial charge in [-0.3, -0.25) is 5.10 Å². The van der Waals surface area contributed by atoms with E-state index in [0.29, 0.717) is 10.7 Å². The van der Waals surface area contributed by atoms with Crippen LogP contribution in [0.4, 0.5) is 5.82 Å². The van der Waals surface area contributed by atoms with E-state index in [1.807, 2.05) is 0 Å². The van der Waals surface area contributed by atoms with Gasteiger partial charge in [0.15, 0.2) is 9.84 Å². The largest absolute Gasteiger partial charge is 0.382 e. The quantitative estimate of drug-likeness (QED) is 0.867. The summed E-state index contributed by atoms with van der Waals surface area (Å²) in [5.41, 5.74) is 7.13. The highest BCUT2D eigenvalue weighted by molar-refractivity contribution is 7.92. The Bertz CT molecular complexity index is 687. The first-order chi connectivity index (χ1) is 9.07. The minimum Gasteiger partial charge on any atom is -0.382 e. The number of ether oxygens (including phenoxy) is 1. The summed E-state index contributed by atoms with van der Waals surface area (Å²) < 4.78 is 29.2. The summed E-state index contributed by atoms with van der Waals surface area (Å²) in [6, 6.07) is 8.36. The van der Waals surface area contributed by atoms with E-state index in [2.05, 4.69) is 10.2 Å². The molecule has 3 rings (SSSR count). The second-order valence-electron chi connectivity index (χ2n) is 4.44. The third-order valence-electron chi connectivity index (χ3n) is 3.14. The molecule has 0 atom stereocenters. The fourth-order valence-electron chi connectivity index (χ4n) is 1.89. The van der Waals surface area contributed by atoms with Crippen LogP contribution >= 0.6 is 0 Å². The summed E-state index contributed by atoms with van der Waals surface area (Å²) in [5.74, 6) is 0.401. The lowest BCUT2D eigenvalue weighted by molar-refractivity contribution is 0.0416. The van der Waals surface area contributed by atoms with Gasteiger partial charge in [-0.25, -0.2) is 8.42 Å². The highest BCUT2D eigenvalue weighted by Gasteiger charge is 2.33. The van der Waals surface area contributed by atoms with Gasteiger partial charge in [-0.05, 0) is 17.7 Å². The number of hydrogen-bond donors (Lipinski definition) is 2. The summed E-state index contributed by atoms with van der Waals surface area (Å²) in [5, 5.41) is 6.20. The predicted molar refractivity (Wildman–Crippen MR) is 70.2 cm³/mol. The summed E-state index contributed by atoms with van der Waals surface area (Å²) in [4.78, 5) is 0.317. The number of nitrogens with one attached hydrogen (secondary N) is 1. The second-order valence-corrected chi connectivity index (χ2v) is 6.66. The van der Waals surface area contributed by atoms with E-state index in [0.717, 1.165) is 11.3 Å². The van der Waals surface area contributed by atoms with Gasteiger partial charge >= 0.3 is 0 Å². The van der Waals surface area contributed by atoms with E-state index in [-0.39, 0.29) is 13.2 Å². The molecule has 2 aromatic rings. The molecule has 1 saturated heterocycles. The molecule has 0 bridgehead atoms. The Morgan fingerprint density at radius 1 is 1.26 bits per heavy atom. The zero-order valence-corrected chi connectivity index (χ0v) is 10.9. The van der Waals surface area contributed by atoms with Crippen LogP contribution in [0.3, 0.4) is 0 Å². The molecule has 0 radical (unpaired) electrons. The Hall–Kier alpha value is -1.86. The van der Waals surface area contributed by atoms with E-state index >= 15 is 0 Å². The smallest absolute Gasteiger partial charge is 0.185 e. The lowest BCUT2D eigenvalue weighted by atomic mass is 10.1. The number of nitrogens with zero attached hydrogens (tertiary/aromatic N) is 1. The first kappa shape index (κ1) is 12.2. The number of rotatable bonds is 3. The van der Waals surface area contributed by atoms with Gasteiger partial charge in [-0.15, -0.1) is 0 Å². The lowest BCUT2D eigenvalue weighted by Gasteiger charge is -2.25. The van der Waals surface area contributed by atoms with Gasteiger partial charge in [-0.1, -0.05) is 12.1 Å². The highest BCUT2D eigenvalue weighted by atomic mass is 32.2. The number of nitrogens with two attached hydrogens (primary N) is 1. The van der Waals surface area contributed by atoms with E-state index in [4.69, 9.17) is 10.5 Å². The number of anilines is 1. The summed E-state index contributed by atoms with van der Waals surface area (Å²) in [6.45, 7) is 0.558. The Morgan fingerprint density at radius 3 is 2.42 bits per heavy atom. The van der Waals surface area contributed by atoms with Gasteiger partial charge in [0.2, 0.25) is 0 Å². The van der Waals surface area contributed by atoms with E-state index in [1.165, 1.54) is 0 Å². The molecule has 19 heavy (non-hydrogen) atoms. The molecular weight excluding hydrogens is 266 g/mol. The predicted octanol–water partition coefficient (Wildman–Crippen LogP) is 0.831. The number of hydrogen-bond acceptors (Lipinski definition) is 5. The van der Waals surface area contributed by atoms with Crippen molar-refractivity contribution >= 4 is 15.7 Å². The monoisotopic (exact) mass is 279 g/mol. The molecule has 1 fully saturated rings. The van der Waals surface area contributed by atoms with Crippen LogP contribution in [0.15, 0.2) is 35.2 Å². The molecule has 1 aromatic carbocycles. The van der Waals surface area contributed by atoms with Crippen LogP contribution in [0.25, 0.3) is 11.3 Å². The molecule has 6 nitrogen and oxygen atoms in total. The van der Waals surface area contributed by atoms with Crippen LogP contribution in [0, 0.1) is 0 Å². The molecule has 1 aliphatic rings. The zero-order chi connectivity index (χ0) is 13.5. The standard InChI is InChI=1S/C12H13N3O3S/c13-12-5-11(14-15-12)8-1-3-9(4-2-8)19(16,17)10-6-18-7-10/h1-5,10H,6-7H2,(H3,13,14,15). The molecule has 0 amide bonds. The molecule has 7 heteroatoms. The van der Waals surface area contributed by atoms with Crippen molar-refractivity contribution in [2.75, 3.05) is 18.9 Å². The minimum atomic E-state index is -3.27. The number of sulfone groups is 1. The summed E-state index contributed by atoms with van der Waals surface area (Å²) >= 11 is 0. The average Bonchev–Trinajstić information content (AvgIpc) is 2.73. The second kappa shape index (κ2) is 4.36. The molecule has 3 N–H and O–H groups in total. The summed E-state index contributed by atoms with van der Waals surface area (Å²) in [7, 11) is -3.27. The number of H-pyrrole nitrogens is 1. The summed E-state index contributed by atoms with van der Waals surface area (Å²) in [6.07, 6.45) is 0. The van der Waals surface area contributed by atoms with Crippen molar-refractivity contribution in [3.8, 4) is 11.3 Å². The molecule has 1 aliphatic heterocycles. The Morgan fingerprint density at radius 2 is 1.95 bits per heavy atom. The van der Waals surface area contributed by atoms with Crippen molar-refractivity contribution in [1.29, 1.82) is 0 Å². The molecular formula is C12H13N3O3S. The first-order valence-electron chi connectivity index (χ1n) is 5.80. The normalized spacial score (nSPS) is 16.2. The van der Waals surface area contributed by atoms with Crippen molar-refractivity contribution in [2.45, 2.75) is 10.1 Å². The van der Waals surface area contributed by atoms with Crippen LogP contribution in [-0.4, -0.2) is 37.1 Å². The van der Waals surface area contributed by atoms with Crippen LogP contribution in [0.1, 0.15) is 0 Å². The fraction of sp³-hybridized carbons (Fsp3) is 0.250. The van der Waals surface area contributed by atoms with Crippen molar-refractivity contribution < 1.29 is 13.2 Å². The molecule has 2 heterocycles. The van der Waals surface area contributed by atoms with Gasteiger partial charge in [0.25, 0.3) is 0 Å². The first-order valence-corrected chi connectivity index (χ1v) is 7.35. The highest BCUT2D eigenvalue weighted by Crippen LogP contribution is 2.25. The van der Waals surface area contributed by atoms with E-state index in [9.17, 15) is 8.42 Å². The van der Waals surface area contributed by atoms with Crippen LogP contribution < -0.4 is 5.73 Å². The Kier molecular flexibility index (Phi) is 2.79. The molecule has 100 valence electrons. The van der Waals surface area contributed by atoms with Crippen LogP contribution in [0.5, 0.6) is 0 Å². The van der Waals surface area contributed by atoms with Crippen LogP contribution in [-0.2, 0) is 14.6 Å². The zero-order valence-electron chi connectivity index (χ0n) is 10.0. The number of aromatic amines is 1. The lowest BCUT2D eigenvalue weighted by Crippen LogP contribution is -2.40. The fourth-order valence-corrected chi connectivity index (χ4v) is 3.35. The van der Waals surface area contributed by atoms with E-state index < -0.39 is 15.1 Å². The average molecular weight is 279 g/mol. The third-order valence-corrected chi connectivity index (χ3v) is 5.22. The maximum absolute atomic E-state index is 12.1. The van der Waals surface area contributed by atoms with Gasteiger partial charge < -0.3 is 10.5 Å². The van der Waals surface area contributed by atoms with Gasteiger partial charge in [0.1, 0.15) is 11.1 Å². The molecule has 0 spiro atoms. The van der Waals surface area contributed by atoms with Crippen molar-refractivity contribution in [3.63, 3.8) is 0 Å². The minimum absolute atomic E-state index is 0.279. The third kappa shape index (κ3) is 2.11. The van der Waals surface area contributed by atoms with Gasteiger partial charge in [0, 0.05) is 6.07 Å². The number of benzene rings is 1. The van der Waals surface area contributed by atoms with Crippen molar-refractivity contribution in [2.24, 2.45) is 0 Å². The number of aromatic nitrogens is 2. The molecule has 0 aliphatic carbocycles. The Labute approximate surface area is 110 Å². The van der Waals surface area contributed by atoms with Crippen molar-refractivity contribution in [1.82, 2.24) is 10.2 Å². The van der Waals surface area contributed by atoms with Gasteiger partial charge in [-0.2, -0.15) is 5.10 Å². The van der Waals surface area contributed by atoms with Crippen molar-refractivity contribution in [3.05, 3.63) is 30.3 Å². The molecule has 0 unspecified atom stereocenters. The number of nitrogen functional groups attached to an aromatic ring is 1. The molecule has 0 saturated carbocycles. The maximum Gasteiger partial charge on any atom is 0.185 e. The molecule has 1 aromatic heterocycles. The Balaban J connectivity index is 1.90. The van der Waals surface area contributed by atoms with E-state index in [1.54, 1.807) is 30.3 Å². The van der Waals surface area contributed by atoms with Crippen LogP contribution in [0.2, 0.25) is 0 Å². The SMILES string of the molecule is Nc1cc(-c2ccc(S(=O)(=O)C3COC3)cc2)[nH]n1. The maximum atomic E-state index is 12.1.